The third-order valence-electron chi connectivity index (χ3n) is 2.79. The Morgan fingerprint density at radius 1 is 1.12 bits per heavy atom. The molecule has 2 nitrogen and oxygen atoms in total. The monoisotopic (exact) mass is 213 g/mol. The van der Waals surface area contributed by atoms with Gasteiger partial charge in [0.05, 0.1) is 0 Å². The minimum Gasteiger partial charge on any atom is -0.619 e. The van der Waals surface area contributed by atoms with Crippen molar-refractivity contribution in [3.8, 4) is 0 Å². The Balaban J connectivity index is 2.32. The summed E-state index contributed by atoms with van der Waals surface area (Å²) in [5.74, 6) is 0. The van der Waals surface area contributed by atoms with Gasteiger partial charge in [-0.1, -0.05) is 30.3 Å². The second-order valence-electron chi connectivity index (χ2n) is 4.11. The van der Waals surface area contributed by atoms with E-state index in [0.29, 0.717) is 0 Å². The van der Waals surface area contributed by atoms with Crippen molar-refractivity contribution in [3.05, 3.63) is 70.2 Å². The molecule has 0 saturated carbocycles. The van der Waals surface area contributed by atoms with Crippen molar-refractivity contribution >= 4 is 0 Å². The van der Waals surface area contributed by atoms with Gasteiger partial charge < -0.3 is 5.21 Å². The van der Waals surface area contributed by atoms with Gasteiger partial charge in [0, 0.05) is 18.6 Å². The molecule has 0 fully saturated rings. The van der Waals surface area contributed by atoms with Crippen molar-refractivity contribution in [1.29, 1.82) is 0 Å². The number of benzene rings is 1. The summed E-state index contributed by atoms with van der Waals surface area (Å²) >= 11 is 0. The minimum absolute atomic E-state index is 0.747. The summed E-state index contributed by atoms with van der Waals surface area (Å²) in [6.07, 6.45) is 2.53. The van der Waals surface area contributed by atoms with Crippen LogP contribution in [0, 0.1) is 19.1 Å². The third-order valence-corrected chi connectivity index (χ3v) is 2.79. The van der Waals surface area contributed by atoms with Gasteiger partial charge in [0.25, 0.3) is 0 Å². The molecule has 0 aliphatic heterocycles. The molecule has 1 aromatic heterocycles. The predicted molar refractivity (Wildman–Crippen MR) is 64.1 cm³/mol. The summed E-state index contributed by atoms with van der Waals surface area (Å²) in [7, 11) is 0. The predicted octanol–water partition coefficient (Wildman–Crippen LogP) is 2.53. The van der Waals surface area contributed by atoms with Gasteiger partial charge in [0.15, 0.2) is 11.9 Å². The van der Waals surface area contributed by atoms with Crippen molar-refractivity contribution in [2.75, 3.05) is 0 Å². The molecule has 2 rings (SSSR count). The van der Waals surface area contributed by atoms with Crippen molar-refractivity contribution in [3.63, 3.8) is 0 Å². The summed E-state index contributed by atoms with van der Waals surface area (Å²) in [6.45, 7) is 3.81. The van der Waals surface area contributed by atoms with E-state index in [2.05, 4.69) is 12.1 Å². The maximum absolute atomic E-state index is 11.4. The van der Waals surface area contributed by atoms with E-state index >= 15 is 0 Å². The lowest BCUT2D eigenvalue weighted by atomic mass is 10.0. The van der Waals surface area contributed by atoms with E-state index in [-0.39, 0.29) is 0 Å². The Kier molecular flexibility index (Phi) is 2.91. The lowest BCUT2D eigenvalue weighted by Crippen LogP contribution is -2.30. The molecule has 0 aliphatic carbocycles. The molecule has 0 radical (unpaired) electrons. The van der Waals surface area contributed by atoms with Crippen molar-refractivity contribution in [1.82, 2.24) is 0 Å². The van der Waals surface area contributed by atoms with Crippen molar-refractivity contribution < 1.29 is 4.73 Å². The number of rotatable bonds is 2. The number of nitrogens with zero attached hydrogens (tertiary/aromatic N) is 1. The number of aromatic nitrogens is 1. The third kappa shape index (κ3) is 2.22. The Bertz CT molecular complexity index is 492. The minimum atomic E-state index is 0.747. The SMILES string of the molecule is Cc1c[n+]([O-])c(C)cc1Cc1ccccc1. The second-order valence-corrected chi connectivity index (χ2v) is 4.11. The molecule has 0 amide bonds. The number of hydrogen-bond donors (Lipinski definition) is 0. The van der Waals surface area contributed by atoms with E-state index in [0.717, 1.165) is 22.4 Å². The van der Waals surface area contributed by atoms with Crippen LogP contribution in [-0.2, 0) is 6.42 Å². The lowest BCUT2D eigenvalue weighted by Gasteiger charge is -2.08. The van der Waals surface area contributed by atoms with Crippen LogP contribution >= 0.6 is 0 Å². The highest BCUT2D eigenvalue weighted by atomic mass is 16.5. The fourth-order valence-corrected chi connectivity index (χ4v) is 1.80. The van der Waals surface area contributed by atoms with Crippen LogP contribution in [-0.4, -0.2) is 0 Å². The Morgan fingerprint density at radius 3 is 2.50 bits per heavy atom. The molecule has 2 aromatic rings. The fourth-order valence-electron chi connectivity index (χ4n) is 1.80. The zero-order chi connectivity index (χ0) is 11.5. The molecule has 1 aromatic carbocycles. The van der Waals surface area contributed by atoms with E-state index in [9.17, 15) is 5.21 Å². The largest absolute Gasteiger partial charge is 0.619 e. The van der Waals surface area contributed by atoms with Crippen LogP contribution in [0.2, 0.25) is 0 Å². The van der Waals surface area contributed by atoms with Crippen LogP contribution in [0.25, 0.3) is 0 Å². The highest BCUT2D eigenvalue weighted by molar-refractivity contribution is 5.29. The molecule has 0 aliphatic rings. The van der Waals surface area contributed by atoms with Gasteiger partial charge in [0.2, 0.25) is 0 Å². The number of aryl methyl sites for hydroxylation is 2. The van der Waals surface area contributed by atoms with E-state index < -0.39 is 0 Å². The molecule has 0 atom stereocenters. The summed E-state index contributed by atoms with van der Waals surface area (Å²) in [5, 5.41) is 11.4. The molecule has 0 N–H and O–H groups in total. The van der Waals surface area contributed by atoms with Gasteiger partial charge in [-0.05, 0) is 24.5 Å². The molecule has 0 unspecified atom stereocenters. The summed E-state index contributed by atoms with van der Waals surface area (Å²) in [4.78, 5) is 0. The molecule has 16 heavy (non-hydrogen) atoms. The van der Waals surface area contributed by atoms with Crippen LogP contribution in [0.15, 0.2) is 42.6 Å². The zero-order valence-electron chi connectivity index (χ0n) is 9.60. The summed E-state index contributed by atoms with van der Waals surface area (Å²) in [6, 6.07) is 12.3. The molecule has 0 saturated heterocycles. The first-order valence-electron chi connectivity index (χ1n) is 5.40. The first-order valence-corrected chi connectivity index (χ1v) is 5.40. The number of pyridine rings is 1. The quantitative estimate of drug-likeness (QED) is 0.556. The fraction of sp³-hybridized carbons (Fsp3) is 0.214. The van der Waals surface area contributed by atoms with Crippen LogP contribution < -0.4 is 4.73 Å². The number of hydrogen-bond acceptors (Lipinski definition) is 1. The molecule has 0 spiro atoms. The topological polar surface area (TPSA) is 26.9 Å². The first-order chi connectivity index (χ1) is 7.66. The highest BCUT2D eigenvalue weighted by Gasteiger charge is 2.06. The van der Waals surface area contributed by atoms with Gasteiger partial charge in [-0.3, -0.25) is 0 Å². The Labute approximate surface area is 95.8 Å². The lowest BCUT2D eigenvalue weighted by molar-refractivity contribution is -0.612. The van der Waals surface area contributed by atoms with Gasteiger partial charge >= 0.3 is 0 Å². The van der Waals surface area contributed by atoms with Crippen LogP contribution in [0.5, 0.6) is 0 Å². The summed E-state index contributed by atoms with van der Waals surface area (Å²) < 4.78 is 0.920. The van der Waals surface area contributed by atoms with Crippen LogP contribution in [0.4, 0.5) is 0 Å². The zero-order valence-corrected chi connectivity index (χ0v) is 9.60. The van der Waals surface area contributed by atoms with E-state index in [1.807, 2.05) is 38.1 Å². The molecular weight excluding hydrogens is 198 g/mol. The maximum Gasteiger partial charge on any atom is 0.189 e. The standard InChI is InChI=1S/C14H15NO/c1-11-10-15(16)12(2)8-14(11)9-13-6-4-3-5-7-13/h3-8,10H,9H2,1-2H3. The smallest absolute Gasteiger partial charge is 0.189 e. The van der Waals surface area contributed by atoms with Gasteiger partial charge in [-0.25, -0.2) is 0 Å². The van der Waals surface area contributed by atoms with E-state index in [1.54, 1.807) is 6.20 Å². The van der Waals surface area contributed by atoms with E-state index in [4.69, 9.17) is 0 Å². The van der Waals surface area contributed by atoms with E-state index in [1.165, 1.54) is 11.1 Å². The molecule has 1 heterocycles. The first kappa shape index (κ1) is 10.7. The molecule has 2 heteroatoms. The Hall–Kier alpha value is -1.83. The molecule has 0 bridgehead atoms. The van der Waals surface area contributed by atoms with Crippen LogP contribution in [0.1, 0.15) is 22.4 Å². The average molecular weight is 213 g/mol. The van der Waals surface area contributed by atoms with Crippen molar-refractivity contribution in [2.24, 2.45) is 0 Å². The Morgan fingerprint density at radius 2 is 1.81 bits per heavy atom. The normalized spacial score (nSPS) is 10.4. The maximum atomic E-state index is 11.4. The summed E-state index contributed by atoms with van der Waals surface area (Å²) in [5.41, 5.74) is 4.28. The molecular formula is C14H15NO. The molecule has 82 valence electrons. The van der Waals surface area contributed by atoms with Gasteiger partial charge in [-0.15, -0.1) is 0 Å². The average Bonchev–Trinajstić information content (AvgIpc) is 2.27. The van der Waals surface area contributed by atoms with Gasteiger partial charge in [-0.2, -0.15) is 4.73 Å². The highest BCUT2D eigenvalue weighted by Crippen LogP contribution is 2.13. The van der Waals surface area contributed by atoms with Crippen molar-refractivity contribution in [2.45, 2.75) is 20.3 Å². The van der Waals surface area contributed by atoms with Crippen LogP contribution in [0.3, 0.4) is 0 Å². The van der Waals surface area contributed by atoms with Gasteiger partial charge in [0.1, 0.15) is 0 Å². The second kappa shape index (κ2) is 4.35.